The van der Waals surface area contributed by atoms with Crippen LogP contribution in [0.1, 0.15) is 39.9 Å². The molecule has 0 amide bonds. The van der Waals surface area contributed by atoms with Crippen molar-refractivity contribution in [3.63, 3.8) is 0 Å². The van der Waals surface area contributed by atoms with Gasteiger partial charge in [0, 0.05) is 25.2 Å². The van der Waals surface area contributed by atoms with Crippen LogP contribution >= 0.6 is 0 Å². The molecule has 108 valence electrons. The lowest BCUT2D eigenvalue weighted by atomic mass is 9.92. The minimum Gasteiger partial charge on any atom is -0.468 e. The third kappa shape index (κ3) is 3.61. The molecular formula is C16H28N2O. The first-order chi connectivity index (χ1) is 9.11. The maximum absolute atomic E-state index is 5.52. The maximum Gasteiger partial charge on any atom is 0.117 e. The number of nitrogens with zero attached hydrogens (tertiary/aromatic N) is 1. The molecule has 3 heteroatoms. The molecule has 3 atom stereocenters. The summed E-state index contributed by atoms with van der Waals surface area (Å²) in [4.78, 5) is 2.59. The Bertz CT molecular complexity index is 361. The lowest BCUT2D eigenvalue weighted by molar-refractivity contribution is 0.0692. The second-order valence-corrected chi connectivity index (χ2v) is 6.22. The van der Waals surface area contributed by atoms with E-state index < -0.39 is 0 Å². The van der Waals surface area contributed by atoms with Crippen LogP contribution < -0.4 is 5.32 Å². The topological polar surface area (TPSA) is 28.4 Å². The number of furan rings is 1. The highest BCUT2D eigenvalue weighted by molar-refractivity contribution is 5.00. The van der Waals surface area contributed by atoms with Crippen molar-refractivity contribution in [3.8, 4) is 0 Å². The molecule has 1 N–H and O–H groups in total. The SMILES string of the molecule is CCC(C)C1CN(Cc2ccco2)C(C(C)C)CN1. The Morgan fingerprint density at radius 2 is 2.21 bits per heavy atom. The Kier molecular flexibility index (Phi) is 5.06. The largest absolute Gasteiger partial charge is 0.468 e. The first-order valence-electron chi connectivity index (χ1n) is 7.61. The number of rotatable bonds is 5. The molecule has 1 fully saturated rings. The number of hydrogen-bond acceptors (Lipinski definition) is 3. The fourth-order valence-corrected chi connectivity index (χ4v) is 2.96. The molecule has 3 unspecified atom stereocenters. The van der Waals surface area contributed by atoms with Crippen LogP contribution in [0.5, 0.6) is 0 Å². The van der Waals surface area contributed by atoms with E-state index in [9.17, 15) is 0 Å². The van der Waals surface area contributed by atoms with Gasteiger partial charge in [-0.05, 0) is 24.0 Å². The lowest BCUT2D eigenvalue weighted by Crippen LogP contribution is -2.59. The van der Waals surface area contributed by atoms with Gasteiger partial charge < -0.3 is 9.73 Å². The summed E-state index contributed by atoms with van der Waals surface area (Å²) in [5.74, 6) is 2.48. The average molecular weight is 264 g/mol. The molecular weight excluding hydrogens is 236 g/mol. The zero-order chi connectivity index (χ0) is 13.8. The zero-order valence-electron chi connectivity index (χ0n) is 12.7. The first-order valence-corrected chi connectivity index (χ1v) is 7.61. The van der Waals surface area contributed by atoms with Gasteiger partial charge in [0.15, 0.2) is 0 Å². The van der Waals surface area contributed by atoms with Gasteiger partial charge >= 0.3 is 0 Å². The molecule has 1 aromatic heterocycles. The molecule has 1 aromatic rings. The normalized spacial score (nSPS) is 26.8. The minimum absolute atomic E-state index is 0.602. The Hall–Kier alpha value is -0.800. The van der Waals surface area contributed by atoms with Gasteiger partial charge in [-0.25, -0.2) is 0 Å². The second kappa shape index (κ2) is 6.58. The van der Waals surface area contributed by atoms with E-state index in [2.05, 4.69) is 44.0 Å². The van der Waals surface area contributed by atoms with Gasteiger partial charge in [0.25, 0.3) is 0 Å². The Balaban J connectivity index is 2.04. The molecule has 2 heterocycles. The minimum atomic E-state index is 0.602. The predicted molar refractivity (Wildman–Crippen MR) is 79.0 cm³/mol. The van der Waals surface area contributed by atoms with E-state index in [0.717, 1.165) is 31.3 Å². The average Bonchev–Trinajstić information content (AvgIpc) is 2.90. The van der Waals surface area contributed by atoms with E-state index in [4.69, 9.17) is 4.42 Å². The summed E-state index contributed by atoms with van der Waals surface area (Å²) >= 11 is 0. The third-order valence-corrected chi connectivity index (χ3v) is 4.53. The molecule has 1 aliphatic rings. The standard InChI is InChI=1S/C16H28N2O/c1-5-13(4)15-11-18(10-14-7-6-8-19-14)16(9-17-15)12(2)3/h6-8,12-13,15-17H,5,9-11H2,1-4H3. The second-order valence-electron chi connectivity index (χ2n) is 6.22. The molecule has 3 nitrogen and oxygen atoms in total. The van der Waals surface area contributed by atoms with Crippen LogP contribution in [0, 0.1) is 11.8 Å². The van der Waals surface area contributed by atoms with Crippen LogP contribution in [0.15, 0.2) is 22.8 Å². The molecule has 0 aromatic carbocycles. The quantitative estimate of drug-likeness (QED) is 0.885. The van der Waals surface area contributed by atoms with Crippen LogP contribution in [0.2, 0.25) is 0 Å². The van der Waals surface area contributed by atoms with E-state index in [1.165, 1.54) is 6.42 Å². The highest BCUT2D eigenvalue weighted by Crippen LogP contribution is 2.22. The fourth-order valence-electron chi connectivity index (χ4n) is 2.96. The van der Waals surface area contributed by atoms with Crippen molar-refractivity contribution in [3.05, 3.63) is 24.2 Å². The van der Waals surface area contributed by atoms with Crippen molar-refractivity contribution in [2.24, 2.45) is 11.8 Å². The molecule has 0 aliphatic carbocycles. The Labute approximate surface area is 117 Å². The van der Waals surface area contributed by atoms with E-state index in [1.807, 2.05) is 6.07 Å². The summed E-state index contributed by atoms with van der Waals surface area (Å²) in [5.41, 5.74) is 0. The number of hydrogen-bond donors (Lipinski definition) is 1. The zero-order valence-corrected chi connectivity index (χ0v) is 12.7. The van der Waals surface area contributed by atoms with E-state index >= 15 is 0 Å². The molecule has 1 saturated heterocycles. The summed E-state index contributed by atoms with van der Waals surface area (Å²) in [6.07, 6.45) is 3.01. The molecule has 0 spiro atoms. The predicted octanol–water partition coefficient (Wildman–Crippen LogP) is 3.12. The Morgan fingerprint density at radius 1 is 1.42 bits per heavy atom. The molecule has 2 rings (SSSR count). The van der Waals surface area contributed by atoms with Crippen LogP contribution in [-0.2, 0) is 6.54 Å². The smallest absolute Gasteiger partial charge is 0.117 e. The third-order valence-electron chi connectivity index (χ3n) is 4.53. The fraction of sp³-hybridized carbons (Fsp3) is 0.750. The van der Waals surface area contributed by atoms with Crippen LogP contribution in [0.3, 0.4) is 0 Å². The first kappa shape index (κ1) is 14.6. The summed E-state index contributed by atoms with van der Waals surface area (Å²) in [7, 11) is 0. The van der Waals surface area contributed by atoms with Crippen molar-refractivity contribution in [1.29, 1.82) is 0 Å². The molecule has 19 heavy (non-hydrogen) atoms. The summed E-state index contributed by atoms with van der Waals surface area (Å²) in [6, 6.07) is 5.27. The highest BCUT2D eigenvalue weighted by Gasteiger charge is 2.31. The van der Waals surface area contributed by atoms with Gasteiger partial charge in [-0.2, -0.15) is 0 Å². The van der Waals surface area contributed by atoms with Crippen molar-refractivity contribution in [2.75, 3.05) is 13.1 Å². The van der Waals surface area contributed by atoms with Crippen molar-refractivity contribution >= 4 is 0 Å². The molecule has 0 radical (unpaired) electrons. The Morgan fingerprint density at radius 3 is 2.79 bits per heavy atom. The molecule has 0 bridgehead atoms. The van der Waals surface area contributed by atoms with Crippen molar-refractivity contribution < 1.29 is 4.42 Å². The van der Waals surface area contributed by atoms with Gasteiger partial charge in [-0.1, -0.05) is 34.1 Å². The van der Waals surface area contributed by atoms with Gasteiger partial charge in [0.05, 0.1) is 12.8 Å². The maximum atomic E-state index is 5.52. The summed E-state index contributed by atoms with van der Waals surface area (Å²) in [5, 5.41) is 3.74. The lowest BCUT2D eigenvalue weighted by Gasteiger charge is -2.43. The summed E-state index contributed by atoms with van der Waals surface area (Å²) < 4.78 is 5.52. The number of nitrogens with one attached hydrogen (secondary N) is 1. The van der Waals surface area contributed by atoms with Gasteiger partial charge in [-0.15, -0.1) is 0 Å². The van der Waals surface area contributed by atoms with E-state index in [-0.39, 0.29) is 0 Å². The monoisotopic (exact) mass is 264 g/mol. The van der Waals surface area contributed by atoms with Crippen LogP contribution in [0.25, 0.3) is 0 Å². The van der Waals surface area contributed by atoms with Crippen molar-refractivity contribution in [2.45, 2.75) is 52.7 Å². The number of piperazine rings is 1. The highest BCUT2D eigenvalue weighted by atomic mass is 16.3. The molecule has 0 saturated carbocycles. The summed E-state index contributed by atoms with van der Waals surface area (Å²) in [6.45, 7) is 12.4. The van der Waals surface area contributed by atoms with E-state index in [1.54, 1.807) is 6.26 Å². The van der Waals surface area contributed by atoms with Gasteiger partial charge in [0.2, 0.25) is 0 Å². The van der Waals surface area contributed by atoms with Crippen LogP contribution in [0.4, 0.5) is 0 Å². The van der Waals surface area contributed by atoms with Gasteiger partial charge in [-0.3, -0.25) is 4.90 Å². The van der Waals surface area contributed by atoms with Crippen LogP contribution in [-0.4, -0.2) is 30.1 Å². The molecule has 1 aliphatic heterocycles. The van der Waals surface area contributed by atoms with Gasteiger partial charge in [0.1, 0.15) is 5.76 Å². The van der Waals surface area contributed by atoms with E-state index in [0.29, 0.717) is 18.0 Å². The van der Waals surface area contributed by atoms with Crippen molar-refractivity contribution in [1.82, 2.24) is 10.2 Å².